The highest BCUT2D eigenvalue weighted by Gasteiger charge is 2.02. The van der Waals surface area contributed by atoms with E-state index >= 15 is 0 Å². The largest absolute Gasteiger partial charge is 0.465 e. The first-order valence-corrected chi connectivity index (χ1v) is 6.06. The Morgan fingerprint density at radius 3 is 2.50 bits per heavy atom. The minimum atomic E-state index is -0.345. The zero-order valence-corrected chi connectivity index (χ0v) is 11.0. The van der Waals surface area contributed by atoms with Crippen molar-refractivity contribution in [3.8, 4) is 11.8 Å². The van der Waals surface area contributed by atoms with E-state index in [-0.39, 0.29) is 5.97 Å². The Balaban J connectivity index is 2.02. The van der Waals surface area contributed by atoms with Gasteiger partial charge in [0.2, 0.25) is 0 Å². The molecule has 0 radical (unpaired) electrons. The van der Waals surface area contributed by atoms with E-state index in [2.05, 4.69) is 21.6 Å². The number of hydrogen-bond acceptors (Lipinski definition) is 3. The standard InChI is InChI=1S/C17H13NO2/c1-20-17(19)16-8-6-14(7-9-16)4-2-3-5-15-10-12-18-13-11-15/h3,5-13H,1H3. The molecule has 0 aliphatic rings. The average molecular weight is 263 g/mol. The molecule has 3 nitrogen and oxygen atoms in total. The normalized spacial score (nSPS) is 9.85. The number of rotatable bonds is 2. The fourth-order valence-electron chi connectivity index (χ4n) is 1.54. The van der Waals surface area contributed by atoms with Crippen molar-refractivity contribution in [2.75, 3.05) is 7.11 Å². The van der Waals surface area contributed by atoms with Crippen LogP contribution in [0.5, 0.6) is 0 Å². The van der Waals surface area contributed by atoms with Crippen molar-refractivity contribution < 1.29 is 9.53 Å². The first-order chi connectivity index (χ1) is 9.79. The van der Waals surface area contributed by atoms with Crippen molar-refractivity contribution in [2.45, 2.75) is 0 Å². The van der Waals surface area contributed by atoms with Crippen LogP contribution in [0, 0.1) is 11.8 Å². The van der Waals surface area contributed by atoms with E-state index in [9.17, 15) is 4.79 Å². The fourth-order valence-corrected chi connectivity index (χ4v) is 1.54. The Morgan fingerprint density at radius 2 is 1.85 bits per heavy atom. The maximum absolute atomic E-state index is 11.3. The molecule has 0 saturated carbocycles. The van der Waals surface area contributed by atoms with E-state index in [1.807, 2.05) is 18.2 Å². The van der Waals surface area contributed by atoms with Crippen LogP contribution in [-0.4, -0.2) is 18.1 Å². The number of nitrogens with zero attached hydrogens (tertiary/aromatic N) is 1. The summed E-state index contributed by atoms with van der Waals surface area (Å²) in [5, 5.41) is 0. The van der Waals surface area contributed by atoms with Gasteiger partial charge in [0.15, 0.2) is 0 Å². The van der Waals surface area contributed by atoms with Gasteiger partial charge in [-0.2, -0.15) is 0 Å². The number of ether oxygens (including phenoxy) is 1. The summed E-state index contributed by atoms with van der Waals surface area (Å²) in [6.07, 6.45) is 7.17. The second kappa shape index (κ2) is 6.91. The molecule has 2 aromatic rings. The second-order valence-electron chi connectivity index (χ2n) is 3.95. The summed E-state index contributed by atoms with van der Waals surface area (Å²) < 4.78 is 4.63. The molecule has 0 aliphatic carbocycles. The summed E-state index contributed by atoms with van der Waals surface area (Å²) in [5.41, 5.74) is 2.41. The number of pyridine rings is 1. The minimum Gasteiger partial charge on any atom is -0.465 e. The van der Waals surface area contributed by atoms with Crippen LogP contribution in [0.25, 0.3) is 6.08 Å². The summed E-state index contributed by atoms with van der Waals surface area (Å²) >= 11 is 0. The van der Waals surface area contributed by atoms with Gasteiger partial charge in [-0.3, -0.25) is 4.98 Å². The SMILES string of the molecule is COC(=O)c1ccc(C#CC=Cc2ccncc2)cc1. The van der Waals surface area contributed by atoms with Crippen molar-refractivity contribution in [1.82, 2.24) is 4.98 Å². The lowest BCUT2D eigenvalue weighted by atomic mass is 10.1. The Morgan fingerprint density at radius 1 is 1.15 bits per heavy atom. The molecule has 2 rings (SSSR count). The molecule has 1 aromatic heterocycles. The maximum atomic E-state index is 11.3. The van der Waals surface area contributed by atoms with Gasteiger partial charge in [-0.25, -0.2) is 4.79 Å². The number of carbonyl (C=O) groups excluding carboxylic acids is 1. The molecular weight excluding hydrogens is 250 g/mol. The average Bonchev–Trinajstić information content (AvgIpc) is 2.52. The lowest BCUT2D eigenvalue weighted by Crippen LogP contribution is -2.00. The molecule has 1 aromatic carbocycles. The highest BCUT2D eigenvalue weighted by Crippen LogP contribution is 2.04. The van der Waals surface area contributed by atoms with Gasteiger partial charge in [-0.15, -0.1) is 0 Å². The Hall–Kier alpha value is -2.86. The third kappa shape index (κ3) is 3.82. The molecule has 0 atom stereocenters. The predicted octanol–water partition coefficient (Wildman–Crippen LogP) is 2.93. The van der Waals surface area contributed by atoms with E-state index in [0.29, 0.717) is 5.56 Å². The van der Waals surface area contributed by atoms with E-state index in [4.69, 9.17) is 0 Å². The van der Waals surface area contributed by atoms with Crippen LogP contribution >= 0.6 is 0 Å². The monoisotopic (exact) mass is 263 g/mol. The molecule has 3 heteroatoms. The van der Waals surface area contributed by atoms with Gasteiger partial charge in [0.05, 0.1) is 12.7 Å². The van der Waals surface area contributed by atoms with E-state index in [1.165, 1.54) is 7.11 Å². The van der Waals surface area contributed by atoms with Crippen LogP contribution < -0.4 is 0 Å². The summed E-state index contributed by atoms with van der Waals surface area (Å²) in [4.78, 5) is 15.2. The molecule has 0 unspecified atom stereocenters. The van der Waals surface area contributed by atoms with E-state index in [0.717, 1.165) is 11.1 Å². The summed E-state index contributed by atoms with van der Waals surface area (Å²) in [7, 11) is 1.36. The van der Waals surface area contributed by atoms with Crippen molar-refractivity contribution in [3.63, 3.8) is 0 Å². The highest BCUT2D eigenvalue weighted by atomic mass is 16.5. The topological polar surface area (TPSA) is 39.2 Å². The third-order valence-electron chi connectivity index (χ3n) is 2.59. The highest BCUT2D eigenvalue weighted by molar-refractivity contribution is 5.89. The number of aromatic nitrogens is 1. The van der Waals surface area contributed by atoms with Gasteiger partial charge < -0.3 is 4.74 Å². The molecule has 0 fully saturated rings. The zero-order valence-electron chi connectivity index (χ0n) is 11.0. The molecule has 20 heavy (non-hydrogen) atoms. The first kappa shape index (κ1) is 13.6. The van der Waals surface area contributed by atoms with Crippen LogP contribution in [0.1, 0.15) is 21.5 Å². The van der Waals surface area contributed by atoms with Gasteiger partial charge in [0.1, 0.15) is 0 Å². The minimum absolute atomic E-state index is 0.345. The zero-order chi connectivity index (χ0) is 14.2. The molecule has 0 spiro atoms. The molecule has 0 amide bonds. The molecule has 0 bridgehead atoms. The Kier molecular flexibility index (Phi) is 4.69. The molecule has 98 valence electrons. The van der Waals surface area contributed by atoms with Gasteiger partial charge >= 0.3 is 5.97 Å². The van der Waals surface area contributed by atoms with Crippen molar-refractivity contribution in [2.24, 2.45) is 0 Å². The van der Waals surface area contributed by atoms with Gasteiger partial charge in [-0.1, -0.05) is 11.8 Å². The smallest absolute Gasteiger partial charge is 0.337 e. The lowest BCUT2D eigenvalue weighted by molar-refractivity contribution is 0.0601. The van der Waals surface area contributed by atoms with E-state index < -0.39 is 0 Å². The summed E-state index contributed by atoms with van der Waals surface area (Å²) in [6.45, 7) is 0. The number of carbonyl (C=O) groups is 1. The molecule has 0 saturated heterocycles. The summed E-state index contributed by atoms with van der Waals surface area (Å²) in [5.74, 6) is 5.59. The van der Waals surface area contributed by atoms with Crippen LogP contribution in [0.3, 0.4) is 0 Å². The first-order valence-electron chi connectivity index (χ1n) is 6.06. The van der Waals surface area contributed by atoms with Crippen molar-refractivity contribution in [1.29, 1.82) is 0 Å². The van der Waals surface area contributed by atoms with Crippen molar-refractivity contribution in [3.05, 3.63) is 71.6 Å². The molecule has 0 N–H and O–H groups in total. The molecular formula is C17H13NO2. The molecule has 1 heterocycles. The van der Waals surface area contributed by atoms with Gasteiger partial charge in [0, 0.05) is 18.0 Å². The van der Waals surface area contributed by atoms with Crippen LogP contribution in [0.2, 0.25) is 0 Å². The number of allylic oxidation sites excluding steroid dienone is 1. The second-order valence-corrected chi connectivity index (χ2v) is 3.95. The Labute approximate surface area is 117 Å². The predicted molar refractivity (Wildman–Crippen MR) is 77.9 cm³/mol. The van der Waals surface area contributed by atoms with Gasteiger partial charge in [-0.05, 0) is 54.1 Å². The quantitative estimate of drug-likeness (QED) is 0.617. The third-order valence-corrected chi connectivity index (χ3v) is 2.59. The summed E-state index contributed by atoms with van der Waals surface area (Å²) in [6, 6.07) is 10.8. The maximum Gasteiger partial charge on any atom is 0.337 e. The number of hydrogen-bond donors (Lipinski definition) is 0. The Bertz CT molecular complexity index is 662. The number of methoxy groups -OCH3 is 1. The van der Waals surface area contributed by atoms with Crippen LogP contribution in [0.4, 0.5) is 0 Å². The fraction of sp³-hybridized carbons (Fsp3) is 0.0588. The number of esters is 1. The van der Waals surface area contributed by atoms with Gasteiger partial charge in [0.25, 0.3) is 0 Å². The van der Waals surface area contributed by atoms with Crippen molar-refractivity contribution >= 4 is 12.0 Å². The lowest BCUT2D eigenvalue weighted by Gasteiger charge is -1.97. The molecule has 0 aliphatic heterocycles. The van der Waals surface area contributed by atoms with Crippen LogP contribution in [-0.2, 0) is 4.74 Å². The number of benzene rings is 1. The van der Waals surface area contributed by atoms with Crippen LogP contribution in [0.15, 0.2) is 54.9 Å². The van der Waals surface area contributed by atoms with E-state index in [1.54, 1.807) is 42.7 Å².